The number of hydrogen-bond acceptors (Lipinski definition) is 4. The highest BCUT2D eigenvalue weighted by Gasteiger charge is 2.21. The molecule has 0 unspecified atom stereocenters. The van der Waals surface area contributed by atoms with Gasteiger partial charge in [0.2, 0.25) is 5.82 Å². The third-order valence-corrected chi connectivity index (χ3v) is 6.40. The highest BCUT2D eigenvalue weighted by atomic mass is 19.2. The van der Waals surface area contributed by atoms with E-state index in [2.05, 4.69) is 36.2 Å². The number of aromatic nitrogens is 3. The fraction of sp³-hybridized carbons (Fsp3) is 0.379. The standard InChI is InChI=1S/C29H34F2N4O/c1-18-21(26(34-35(18)6)16-29(2,3)4)12-14-36-28-22(8-9-24(30)27(28)31)19-7-10-25-23(15-19)20(17-32-5)11-13-33-25/h7-11,13,15,32H,12,14,16-17H2,1-6H3. The van der Waals surface area contributed by atoms with Gasteiger partial charge in [0.05, 0.1) is 17.8 Å². The Hall–Kier alpha value is -3.32. The number of ether oxygens (including phenoxy) is 1. The number of fused-ring (bicyclic) bond motifs is 1. The predicted octanol–water partition coefficient (Wildman–Crippen LogP) is 6.15. The van der Waals surface area contributed by atoms with E-state index in [9.17, 15) is 4.39 Å². The fourth-order valence-corrected chi connectivity index (χ4v) is 4.56. The Labute approximate surface area is 211 Å². The van der Waals surface area contributed by atoms with Gasteiger partial charge in [0.25, 0.3) is 0 Å². The lowest BCUT2D eigenvalue weighted by Crippen LogP contribution is -2.13. The van der Waals surface area contributed by atoms with E-state index in [4.69, 9.17) is 4.74 Å². The third-order valence-electron chi connectivity index (χ3n) is 6.40. The van der Waals surface area contributed by atoms with Gasteiger partial charge in [-0.05, 0) is 72.8 Å². The van der Waals surface area contributed by atoms with E-state index in [1.807, 2.05) is 50.0 Å². The summed E-state index contributed by atoms with van der Waals surface area (Å²) in [6.45, 7) is 9.42. The molecule has 0 fully saturated rings. The van der Waals surface area contributed by atoms with E-state index in [0.717, 1.165) is 51.5 Å². The van der Waals surface area contributed by atoms with E-state index < -0.39 is 11.6 Å². The predicted molar refractivity (Wildman–Crippen MR) is 140 cm³/mol. The van der Waals surface area contributed by atoms with E-state index >= 15 is 4.39 Å². The van der Waals surface area contributed by atoms with E-state index in [1.165, 1.54) is 0 Å². The smallest absolute Gasteiger partial charge is 0.201 e. The second-order valence-corrected chi connectivity index (χ2v) is 10.4. The number of benzene rings is 2. The molecule has 0 aliphatic carbocycles. The van der Waals surface area contributed by atoms with Gasteiger partial charge in [0, 0.05) is 42.9 Å². The Balaban J connectivity index is 1.66. The lowest BCUT2D eigenvalue weighted by atomic mass is 9.88. The molecule has 2 aromatic heterocycles. The molecule has 0 radical (unpaired) electrons. The molecule has 7 heteroatoms. The molecular weight excluding hydrogens is 458 g/mol. The van der Waals surface area contributed by atoms with Crippen molar-refractivity contribution in [1.29, 1.82) is 0 Å². The Morgan fingerprint density at radius 2 is 1.86 bits per heavy atom. The molecule has 5 nitrogen and oxygen atoms in total. The van der Waals surface area contributed by atoms with Crippen LogP contribution in [0.4, 0.5) is 8.78 Å². The summed E-state index contributed by atoms with van der Waals surface area (Å²) in [5.74, 6) is -1.99. The topological polar surface area (TPSA) is 52.0 Å². The van der Waals surface area contributed by atoms with Crippen LogP contribution in [0.2, 0.25) is 0 Å². The van der Waals surface area contributed by atoms with Crippen LogP contribution in [0.1, 0.15) is 43.3 Å². The minimum Gasteiger partial charge on any atom is -0.489 e. The second-order valence-electron chi connectivity index (χ2n) is 10.4. The van der Waals surface area contributed by atoms with Crippen molar-refractivity contribution in [2.45, 2.75) is 47.1 Å². The summed E-state index contributed by atoms with van der Waals surface area (Å²) in [4.78, 5) is 4.44. The van der Waals surface area contributed by atoms with Crippen LogP contribution in [0.25, 0.3) is 22.0 Å². The number of halogens is 2. The lowest BCUT2D eigenvalue weighted by molar-refractivity contribution is 0.299. The van der Waals surface area contributed by atoms with Crippen molar-refractivity contribution in [3.05, 3.63) is 76.7 Å². The van der Waals surface area contributed by atoms with Crippen LogP contribution in [0, 0.1) is 24.0 Å². The second kappa shape index (κ2) is 10.3. The van der Waals surface area contributed by atoms with Crippen molar-refractivity contribution in [3.63, 3.8) is 0 Å². The Bertz CT molecular complexity index is 1390. The van der Waals surface area contributed by atoms with Gasteiger partial charge in [-0.25, -0.2) is 4.39 Å². The average molecular weight is 493 g/mol. The number of nitrogens with one attached hydrogen (secondary N) is 1. The highest BCUT2D eigenvalue weighted by Crippen LogP contribution is 2.36. The first kappa shape index (κ1) is 25.8. The summed E-state index contributed by atoms with van der Waals surface area (Å²) in [6, 6.07) is 10.4. The summed E-state index contributed by atoms with van der Waals surface area (Å²) >= 11 is 0. The summed E-state index contributed by atoms with van der Waals surface area (Å²) in [5, 5.41) is 8.81. The van der Waals surface area contributed by atoms with Crippen LogP contribution in [-0.2, 0) is 26.4 Å². The van der Waals surface area contributed by atoms with Crippen molar-refractivity contribution < 1.29 is 13.5 Å². The minimum atomic E-state index is -0.980. The van der Waals surface area contributed by atoms with Crippen molar-refractivity contribution in [1.82, 2.24) is 20.1 Å². The molecule has 0 aliphatic heterocycles. The summed E-state index contributed by atoms with van der Waals surface area (Å²) in [6.07, 6.45) is 3.15. The molecule has 0 saturated heterocycles. The monoisotopic (exact) mass is 492 g/mol. The van der Waals surface area contributed by atoms with Gasteiger partial charge in [0.1, 0.15) is 0 Å². The average Bonchev–Trinajstić information content (AvgIpc) is 3.08. The molecule has 0 amide bonds. The molecule has 2 aromatic carbocycles. The van der Waals surface area contributed by atoms with Gasteiger partial charge in [-0.2, -0.15) is 9.49 Å². The van der Waals surface area contributed by atoms with Crippen LogP contribution in [0.5, 0.6) is 5.75 Å². The van der Waals surface area contributed by atoms with Crippen LogP contribution in [0.15, 0.2) is 42.6 Å². The van der Waals surface area contributed by atoms with Gasteiger partial charge in [-0.15, -0.1) is 0 Å². The van der Waals surface area contributed by atoms with Gasteiger partial charge in [0.15, 0.2) is 11.6 Å². The largest absolute Gasteiger partial charge is 0.489 e. The maximum Gasteiger partial charge on any atom is 0.201 e. The molecule has 36 heavy (non-hydrogen) atoms. The van der Waals surface area contributed by atoms with Crippen LogP contribution >= 0.6 is 0 Å². The fourth-order valence-electron chi connectivity index (χ4n) is 4.56. The lowest BCUT2D eigenvalue weighted by Gasteiger charge is -2.18. The van der Waals surface area contributed by atoms with Crippen LogP contribution in [0.3, 0.4) is 0 Å². The number of nitrogens with zero attached hydrogens (tertiary/aromatic N) is 3. The molecule has 0 spiro atoms. The van der Waals surface area contributed by atoms with Crippen molar-refractivity contribution in [2.24, 2.45) is 12.5 Å². The van der Waals surface area contributed by atoms with Gasteiger partial charge < -0.3 is 10.1 Å². The van der Waals surface area contributed by atoms with Crippen LogP contribution in [-0.4, -0.2) is 28.4 Å². The van der Waals surface area contributed by atoms with Gasteiger partial charge in [-0.3, -0.25) is 9.67 Å². The highest BCUT2D eigenvalue weighted by molar-refractivity contribution is 5.88. The molecule has 0 aliphatic rings. The number of pyridine rings is 1. The zero-order valence-electron chi connectivity index (χ0n) is 21.9. The molecule has 4 rings (SSSR count). The Kier molecular flexibility index (Phi) is 7.41. The first-order valence-electron chi connectivity index (χ1n) is 12.2. The zero-order valence-corrected chi connectivity index (χ0v) is 21.9. The van der Waals surface area contributed by atoms with Crippen LogP contribution < -0.4 is 10.1 Å². The summed E-state index contributed by atoms with van der Waals surface area (Å²) in [7, 11) is 3.81. The number of aryl methyl sites for hydroxylation is 1. The zero-order chi connectivity index (χ0) is 26.0. The summed E-state index contributed by atoms with van der Waals surface area (Å²) in [5.41, 5.74) is 6.42. The maximum atomic E-state index is 15.0. The molecule has 2 heterocycles. The molecule has 190 valence electrons. The number of hydrogen-bond donors (Lipinski definition) is 1. The molecule has 0 bridgehead atoms. The van der Waals surface area contributed by atoms with E-state index in [0.29, 0.717) is 18.5 Å². The molecule has 1 N–H and O–H groups in total. The summed E-state index contributed by atoms with van der Waals surface area (Å²) < 4.78 is 37.1. The normalized spacial score (nSPS) is 11.9. The van der Waals surface area contributed by atoms with Crippen molar-refractivity contribution in [3.8, 4) is 16.9 Å². The molecule has 4 aromatic rings. The van der Waals surface area contributed by atoms with Gasteiger partial charge in [-0.1, -0.05) is 26.8 Å². The molecular formula is C29H34F2N4O. The first-order chi connectivity index (χ1) is 17.1. The Morgan fingerprint density at radius 1 is 1.08 bits per heavy atom. The third kappa shape index (κ3) is 5.41. The van der Waals surface area contributed by atoms with Crippen molar-refractivity contribution in [2.75, 3.05) is 13.7 Å². The number of rotatable bonds is 8. The van der Waals surface area contributed by atoms with E-state index in [1.54, 1.807) is 12.3 Å². The SMILES string of the molecule is CNCc1ccnc2ccc(-c3ccc(F)c(F)c3OCCc3c(CC(C)(C)C)nn(C)c3C)cc12. The van der Waals surface area contributed by atoms with Crippen molar-refractivity contribution >= 4 is 10.9 Å². The molecule has 0 saturated carbocycles. The maximum absolute atomic E-state index is 15.0. The first-order valence-corrected chi connectivity index (χ1v) is 12.2. The Morgan fingerprint density at radius 3 is 2.58 bits per heavy atom. The quantitative estimate of drug-likeness (QED) is 0.320. The van der Waals surface area contributed by atoms with Gasteiger partial charge >= 0.3 is 0 Å². The van der Waals surface area contributed by atoms with E-state index in [-0.39, 0.29) is 17.8 Å². The molecule has 0 atom stereocenters. The minimum absolute atomic E-state index is 0.0766.